The third kappa shape index (κ3) is 5.00. The van der Waals surface area contributed by atoms with E-state index in [1.165, 1.54) is 18.4 Å². The van der Waals surface area contributed by atoms with Crippen LogP contribution in [-0.2, 0) is 6.54 Å². The molecule has 0 aliphatic heterocycles. The van der Waals surface area contributed by atoms with Crippen LogP contribution in [0.2, 0.25) is 0 Å². The SMILES string of the molecule is CCSCCOc1ccc(CNC2CC2)cc1. The zero-order chi connectivity index (χ0) is 11.9. The van der Waals surface area contributed by atoms with Crippen LogP contribution in [0.4, 0.5) is 0 Å². The predicted octanol–water partition coefficient (Wildman–Crippen LogP) is 3.07. The minimum absolute atomic E-state index is 0.775. The predicted molar refractivity (Wildman–Crippen MR) is 74.8 cm³/mol. The van der Waals surface area contributed by atoms with Crippen molar-refractivity contribution in [1.82, 2.24) is 5.32 Å². The lowest BCUT2D eigenvalue weighted by Gasteiger charge is -2.07. The number of hydrogen-bond donors (Lipinski definition) is 1. The van der Waals surface area contributed by atoms with Gasteiger partial charge in [-0.3, -0.25) is 0 Å². The Morgan fingerprint density at radius 3 is 2.71 bits per heavy atom. The summed E-state index contributed by atoms with van der Waals surface area (Å²) in [6, 6.07) is 9.22. The topological polar surface area (TPSA) is 21.3 Å². The normalized spacial score (nSPS) is 14.9. The molecule has 1 N–H and O–H groups in total. The average Bonchev–Trinajstić information content (AvgIpc) is 3.18. The number of rotatable bonds is 8. The lowest BCUT2D eigenvalue weighted by Crippen LogP contribution is -2.15. The molecule has 17 heavy (non-hydrogen) atoms. The van der Waals surface area contributed by atoms with E-state index in [4.69, 9.17) is 4.74 Å². The Bertz CT molecular complexity index is 321. The molecule has 2 rings (SSSR count). The molecule has 0 spiro atoms. The molecular formula is C14H21NOS. The van der Waals surface area contributed by atoms with Crippen LogP contribution in [0.3, 0.4) is 0 Å². The highest BCUT2D eigenvalue weighted by Gasteiger charge is 2.19. The van der Waals surface area contributed by atoms with Crippen LogP contribution in [0.5, 0.6) is 5.75 Å². The highest BCUT2D eigenvalue weighted by molar-refractivity contribution is 7.99. The molecule has 1 aliphatic rings. The molecule has 1 aromatic rings. The second kappa shape index (κ2) is 6.92. The van der Waals surface area contributed by atoms with E-state index >= 15 is 0 Å². The van der Waals surface area contributed by atoms with E-state index < -0.39 is 0 Å². The molecule has 3 heteroatoms. The number of benzene rings is 1. The van der Waals surface area contributed by atoms with Gasteiger partial charge in [0.05, 0.1) is 6.61 Å². The summed E-state index contributed by atoms with van der Waals surface area (Å²) in [5.74, 6) is 3.22. The third-order valence-electron chi connectivity index (χ3n) is 2.80. The van der Waals surface area contributed by atoms with Gasteiger partial charge in [0.1, 0.15) is 5.75 Å². The largest absolute Gasteiger partial charge is 0.493 e. The average molecular weight is 251 g/mol. The first kappa shape index (κ1) is 12.8. The summed E-state index contributed by atoms with van der Waals surface area (Å²) in [5, 5.41) is 3.51. The molecule has 0 atom stereocenters. The lowest BCUT2D eigenvalue weighted by atomic mass is 10.2. The maximum atomic E-state index is 5.66. The molecule has 0 radical (unpaired) electrons. The van der Waals surface area contributed by atoms with Crippen molar-refractivity contribution in [2.75, 3.05) is 18.1 Å². The van der Waals surface area contributed by atoms with Gasteiger partial charge in [0.25, 0.3) is 0 Å². The molecule has 0 heterocycles. The Morgan fingerprint density at radius 1 is 1.29 bits per heavy atom. The van der Waals surface area contributed by atoms with E-state index in [1.807, 2.05) is 11.8 Å². The van der Waals surface area contributed by atoms with Gasteiger partial charge in [-0.2, -0.15) is 11.8 Å². The standard InChI is InChI=1S/C14H21NOS/c1-2-17-10-9-16-14-7-3-12(4-8-14)11-15-13-5-6-13/h3-4,7-8,13,15H,2,5-6,9-11H2,1H3. The Balaban J connectivity index is 1.68. The Labute approximate surface area is 108 Å². The summed E-state index contributed by atoms with van der Waals surface area (Å²) in [6.45, 7) is 3.96. The second-order valence-corrected chi connectivity index (χ2v) is 5.74. The molecule has 0 bridgehead atoms. The van der Waals surface area contributed by atoms with Crippen molar-refractivity contribution in [2.24, 2.45) is 0 Å². The summed E-state index contributed by atoms with van der Waals surface area (Å²) in [5.41, 5.74) is 1.34. The first-order chi connectivity index (χ1) is 8.38. The van der Waals surface area contributed by atoms with Crippen LogP contribution in [0, 0.1) is 0 Å². The Kier molecular flexibility index (Phi) is 5.20. The van der Waals surface area contributed by atoms with Crippen molar-refractivity contribution in [3.05, 3.63) is 29.8 Å². The van der Waals surface area contributed by atoms with Gasteiger partial charge in [0, 0.05) is 18.3 Å². The van der Waals surface area contributed by atoms with E-state index in [0.29, 0.717) is 0 Å². The van der Waals surface area contributed by atoms with Gasteiger partial charge in [-0.25, -0.2) is 0 Å². The maximum Gasteiger partial charge on any atom is 0.119 e. The van der Waals surface area contributed by atoms with Crippen molar-refractivity contribution in [3.63, 3.8) is 0 Å². The number of hydrogen-bond acceptors (Lipinski definition) is 3. The van der Waals surface area contributed by atoms with Gasteiger partial charge in [0.15, 0.2) is 0 Å². The Hall–Kier alpha value is -0.670. The summed E-state index contributed by atoms with van der Waals surface area (Å²) < 4.78 is 5.66. The number of nitrogens with one attached hydrogen (secondary N) is 1. The molecular weight excluding hydrogens is 230 g/mol. The van der Waals surface area contributed by atoms with Crippen molar-refractivity contribution < 1.29 is 4.74 Å². The fourth-order valence-corrected chi connectivity index (χ4v) is 2.11. The number of thioether (sulfide) groups is 1. The zero-order valence-electron chi connectivity index (χ0n) is 10.4. The zero-order valence-corrected chi connectivity index (χ0v) is 11.3. The quantitative estimate of drug-likeness (QED) is 0.717. The molecule has 0 aromatic heterocycles. The third-order valence-corrected chi connectivity index (χ3v) is 3.66. The molecule has 1 aromatic carbocycles. The van der Waals surface area contributed by atoms with Crippen LogP contribution in [0.1, 0.15) is 25.3 Å². The summed E-state index contributed by atoms with van der Waals surface area (Å²) >= 11 is 1.91. The van der Waals surface area contributed by atoms with E-state index in [9.17, 15) is 0 Å². The van der Waals surface area contributed by atoms with Crippen LogP contribution >= 0.6 is 11.8 Å². The second-order valence-electron chi connectivity index (χ2n) is 4.34. The van der Waals surface area contributed by atoms with Crippen molar-refractivity contribution in [2.45, 2.75) is 32.4 Å². The van der Waals surface area contributed by atoms with Gasteiger partial charge in [-0.1, -0.05) is 19.1 Å². The van der Waals surface area contributed by atoms with Crippen LogP contribution in [-0.4, -0.2) is 24.2 Å². The first-order valence-corrected chi connectivity index (χ1v) is 7.57. The smallest absolute Gasteiger partial charge is 0.119 e. The van der Waals surface area contributed by atoms with Gasteiger partial charge < -0.3 is 10.1 Å². The number of ether oxygens (including phenoxy) is 1. The molecule has 0 saturated heterocycles. The molecule has 1 fully saturated rings. The minimum atomic E-state index is 0.775. The Morgan fingerprint density at radius 2 is 2.06 bits per heavy atom. The summed E-state index contributed by atoms with van der Waals surface area (Å²) in [7, 11) is 0. The van der Waals surface area contributed by atoms with Crippen LogP contribution < -0.4 is 10.1 Å². The fraction of sp³-hybridized carbons (Fsp3) is 0.571. The van der Waals surface area contributed by atoms with Crippen LogP contribution in [0.25, 0.3) is 0 Å². The van der Waals surface area contributed by atoms with Crippen molar-refractivity contribution >= 4 is 11.8 Å². The summed E-state index contributed by atoms with van der Waals surface area (Å²) in [4.78, 5) is 0. The maximum absolute atomic E-state index is 5.66. The van der Waals surface area contributed by atoms with E-state index in [2.05, 4.69) is 36.5 Å². The highest BCUT2D eigenvalue weighted by atomic mass is 32.2. The molecule has 1 saturated carbocycles. The lowest BCUT2D eigenvalue weighted by molar-refractivity contribution is 0.344. The molecule has 0 amide bonds. The fourth-order valence-electron chi connectivity index (χ4n) is 1.62. The van der Waals surface area contributed by atoms with E-state index in [0.717, 1.165) is 36.4 Å². The van der Waals surface area contributed by atoms with Crippen molar-refractivity contribution in [1.29, 1.82) is 0 Å². The monoisotopic (exact) mass is 251 g/mol. The van der Waals surface area contributed by atoms with Gasteiger partial charge >= 0.3 is 0 Å². The summed E-state index contributed by atoms with van der Waals surface area (Å²) in [6.07, 6.45) is 2.69. The molecule has 94 valence electrons. The van der Waals surface area contributed by atoms with E-state index in [-0.39, 0.29) is 0 Å². The van der Waals surface area contributed by atoms with Crippen molar-refractivity contribution in [3.8, 4) is 5.75 Å². The molecule has 0 unspecified atom stereocenters. The van der Waals surface area contributed by atoms with Gasteiger partial charge in [-0.15, -0.1) is 0 Å². The first-order valence-electron chi connectivity index (χ1n) is 6.41. The minimum Gasteiger partial charge on any atom is -0.493 e. The van der Waals surface area contributed by atoms with Gasteiger partial charge in [0.2, 0.25) is 0 Å². The highest BCUT2D eigenvalue weighted by Crippen LogP contribution is 2.20. The van der Waals surface area contributed by atoms with Gasteiger partial charge in [-0.05, 0) is 36.3 Å². The molecule has 2 nitrogen and oxygen atoms in total. The van der Waals surface area contributed by atoms with E-state index in [1.54, 1.807) is 0 Å². The molecule has 1 aliphatic carbocycles. The van der Waals surface area contributed by atoms with Crippen LogP contribution in [0.15, 0.2) is 24.3 Å².